The molecule has 0 radical (unpaired) electrons. The number of hydrazone groups is 1. The van der Waals surface area contributed by atoms with Gasteiger partial charge in [0.1, 0.15) is 18.1 Å². The second kappa shape index (κ2) is 10.9. The number of carbonyl (C=O) groups is 1. The summed E-state index contributed by atoms with van der Waals surface area (Å²) >= 11 is 3.43. The number of hydrogen-bond acceptors (Lipinski definition) is 7. The average molecular weight is 509 g/mol. The fourth-order valence-corrected chi connectivity index (χ4v) is 3.35. The van der Waals surface area contributed by atoms with Crippen LogP contribution < -0.4 is 14.9 Å². The number of hydrogen-bond donors (Lipinski definition) is 1. The maximum Gasteiger partial charge on any atom is 0.275 e. The van der Waals surface area contributed by atoms with Gasteiger partial charge in [-0.3, -0.25) is 14.9 Å². The van der Waals surface area contributed by atoms with Gasteiger partial charge in [0, 0.05) is 17.7 Å². The van der Waals surface area contributed by atoms with Crippen molar-refractivity contribution in [2.75, 3.05) is 7.11 Å². The normalized spacial score (nSPS) is 10.5. The highest BCUT2D eigenvalue weighted by atomic mass is 79.9. The van der Waals surface area contributed by atoms with Gasteiger partial charge in [-0.1, -0.05) is 18.2 Å². The molecule has 0 heterocycles. The number of carbonyl (C=O) groups excluding carboxylic acids is 1. The predicted molar refractivity (Wildman–Crippen MR) is 124 cm³/mol. The van der Waals surface area contributed by atoms with Crippen LogP contribution in [0.3, 0.4) is 0 Å². The molecule has 0 aliphatic carbocycles. The zero-order chi connectivity index (χ0) is 23.8. The number of nitro benzene ring substituents is 1. The molecule has 0 saturated heterocycles. The Hall–Kier alpha value is -4.23. The molecule has 0 aromatic heterocycles. The number of nitro groups is 1. The number of halogens is 1. The number of methoxy groups -OCH3 is 1. The Balaban J connectivity index is 1.66. The molecule has 0 aliphatic heterocycles. The van der Waals surface area contributed by atoms with Gasteiger partial charge in [0.2, 0.25) is 0 Å². The molecule has 33 heavy (non-hydrogen) atoms. The molecule has 0 unspecified atom stereocenters. The van der Waals surface area contributed by atoms with Gasteiger partial charge in [0.05, 0.1) is 39.9 Å². The van der Waals surface area contributed by atoms with Gasteiger partial charge < -0.3 is 9.47 Å². The van der Waals surface area contributed by atoms with Crippen molar-refractivity contribution >= 4 is 33.7 Å². The van der Waals surface area contributed by atoms with Crippen LogP contribution in [0, 0.1) is 21.4 Å². The summed E-state index contributed by atoms with van der Waals surface area (Å²) in [5.74, 6) is 0.114. The lowest BCUT2D eigenvalue weighted by molar-refractivity contribution is -0.384. The van der Waals surface area contributed by atoms with Crippen LogP contribution in [0.25, 0.3) is 0 Å². The quantitative estimate of drug-likeness (QED) is 0.269. The first-order chi connectivity index (χ1) is 15.9. The van der Waals surface area contributed by atoms with E-state index < -0.39 is 10.8 Å². The topological polar surface area (TPSA) is 127 Å². The van der Waals surface area contributed by atoms with Gasteiger partial charge in [-0.15, -0.1) is 0 Å². The number of rotatable bonds is 8. The lowest BCUT2D eigenvalue weighted by atomic mass is 10.1. The van der Waals surface area contributed by atoms with E-state index in [2.05, 4.69) is 32.5 Å². The zero-order valence-corrected chi connectivity index (χ0v) is 18.9. The van der Waals surface area contributed by atoms with E-state index in [0.29, 0.717) is 21.3 Å². The first-order valence-corrected chi connectivity index (χ1v) is 10.3. The molecule has 0 bridgehead atoms. The van der Waals surface area contributed by atoms with Crippen molar-refractivity contribution in [3.8, 4) is 17.6 Å². The third-order valence-electron chi connectivity index (χ3n) is 4.50. The number of amides is 1. The monoisotopic (exact) mass is 508 g/mol. The highest BCUT2D eigenvalue weighted by Gasteiger charge is 2.17. The van der Waals surface area contributed by atoms with Crippen molar-refractivity contribution in [2.45, 2.75) is 6.61 Å². The second-order valence-electron chi connectivity index (χ2n) is 6.59. The maximum absolute atomic E-state index is 12.4. The highest BCUT2D eigenvalue weighted by molar-refractivity contribution is 9.10. The lowest BCUT2D eigenvalue weighted by Crippen LogP contribution is -2.18. The Morgan fingerprint density at radius 2 is 1.97 bits per heavy atom. The van der Waals surface area contributed by atoms with E-state index in [9.17, 15) is 20.2 Å². The lowest BCUT2D eigenvalue weighted by Gasteiger charge is -2.10. The molecular weight excluding hydrogens is 492 g/mol. The Kier molecular flexibility index (Phi) is 7.73. The van der Waals surface area contributed by atoms with E-state index in [1.807, 2.05) is 12.1 Å². The van der Waals surface area contributed by atoms with Crippen LogP contribution in [-0.2, 0) is 6.61 Å². The SMILES string of the molecule is COc1ccc([N+](=O)[O-])cc1C(=O)N/N=C\c1ccc(OCc2ccccc2C#N)c(Br)c1. The summed E-state index contributed by atoms with van der Waals surface area (Å²) in [6.45, 7) is 0.233. The number of nitrogens with zero attached hydrogens (tertiary/aromatic N) is 3. The number of nitriles is 1. The Bertz CT molecular complexity index is 1270. The van der Waals surface area contributed by atoms with Crippen LogP contribution in [0.4, 0.5) is 5.69 Å². The number of ether oxygens (including phenoxy) is 2. The Labute approximate surface area is 197 Å². The zero-order valence-electron chi connectivity index (χ0n) is 17.3. The minimum absolute atomic E-state index is 0.00794. The first kappa shape index (κ1) is 23.4. The van der Waals surface area contributed by atoms with Crippen LogP contribution >= 0.6 is 15.9 Å². The summed E-state index contributed by atoms with van der Waals surface area (Å²) in [6.07, 6.45) is 1.42. The van der Waals surface area contributed by atoms with Crippen molar-refractivity contribution < 1.29 is 19.2 Å². The molecular formula is C23H17BrN4O5. The Morgan fingerprint density at radius 3 is 2.67 bits per heavy atom. The van der Waals surface area contributed by atoms with Gasteiger partial charge in [0.15, 0.2) is 0 Å². The summed E-state index contributed by atoms with van der Waals surface area (Å²) < 4.78 is 11.5. The van der Waals surface area contributed by atoms with Gasteiger partial charge >= 0.3 is 0 Å². The summed E-state index contributed by atoms with van der Waals surface area (Å²) in [4.78, 5) is 22.8. The summed E-state index contributed by atoms with van der Waals surface area (Å²) in [5, 5.41) is 24.0. The van der Waals surface area contributed by atoms with Gasteiger partial charge in [-0.05, 0) is 51.8 Å². The molecule has 0 aliphatic rings. The largest absolute Gasteiger partial charge is 0.496 e. The van der Waals surface area contributed by atoms with Crippen LogP contribution in [0.15, 0.2) is 70.2 Å². The Morgan fingerprint density at radius 1 is 1.21 bits per heavy atom. The first-order valence-electron chi connectivity index (χ1n) is 9.49. The van der Waals surface area contributed by atoms with Crippen LogP contribution in [0.5, 0.6) is 11.5 Å². The van der Waals surface area contributed by atoms with Crippen LogP contribution in [-0.4, -0.2) is 24.2 Å². The molecule has 0 fully saturated rings. The third kappa shape index (κ3) is 5.93. The van der Waals surface area contributed by atoms with Gasteiger partial charge in [-0.25, -0.2) is 5.43 Å². The third-order valence-corrected chi connectivity index (χ3v) is 5.11. The van der Waals surface area contributed by atoms with Crippen LogP contribution in [0.1, 0.15) is 27.0 Å². The molecule has 10 heteroatoms. The van der Waals surface area contributed by atoms with Crippen molar-refractivity contribution in [3.63, 3.8) is 0 Å². The van der Waals surface area contributed by atoms with Crippen molar-refractivity contribution in [1.29, 1.82) is 5.26 Å². The fourth-order valence-electron chi connectivity index (χ4n) is 2.84. The van der Waals surface area contributed by atoms with E-state index in [1.165, 1.54) is 25.5 Å². The minimum atomic E-state index is -0.651. The molecule has 9 nitrogen and oxygen atoms in total. The number of non-ortho nitro benzene ring substituents is 1. The highest BCUT2D eigenvalue weighted by Crippen LogP contribution is 2.27. The molecule has 1 amide bonds. The number of nitrogens with one attached hydrogen (secondary N) is 1. The minimum Gasteiger partial charge on any atom is -0.496 e. The molecule has 3 aromatic rings. The fraction of sp³-hybridized carbons (Fsp3) is 0.0870. The summed E-state index contributed by atoms with van der Waals surface area (Å²) in [6, 6.07) is 18.2. The van der Waals surface area contributed by atoms with E-state index in [0.717, 1.165) is 11.6 Å². The van der Waals surface area contributed by atoms with Gasteiger partial charge in [-0.2, -0.15) is 10.4 Å². The predicted octanol–water partition coefficient (Wildman–Crippen LogP) is 4.58. The van der Waals surface area contributed by atoms with Crippen molar-refractivity contribution in [1.82, 2.24) is 5.43 Å². The summed E-state index contributed by atoms with van der Waals surface area (Å²) in [5.41, 5.74) is 4.08. The van der Waals surface area contributed by atoms with Crippen molar-refractivity contribution in [2.24, 2.45) is 5.10 Å². The standard InChI is InChI=1S/C23H17BrN4O5/c1-32-21-9-7-18(28(30)31)11-19(21)23(29)27-26-13-15-6-8-22(20(24)10-15)33-14-17-5-3-2-4-16(17)12-25/h2-11,13H,14H2,1H3,(H,27,29)/b26-13-. The van der Waals surface area contributed by atoms with E-state index >= 15 is 0 Å². The molecule has 0 spiro atoms. The number of benzene rings is 3. The maximum atomic E-state index is 12.4. The molecule has 166 valence electrons. The van der Waals surface area contributed by atoms with Crippen LogP contribution in [0.2, 0.25) is 0 Å². The molecule has 3 rings (SSSR count). The van der Waals surface area contributed by atoms with E-state index in [1.54, 1.807) is 30.3 Å². The van der Waals surface area contributed by atoms with E-state index in [-0.39, 0.29) is 23.6 Å². The van der Waals surface area contributed by atoms with Gasteiger partial charge in [0.25, 0.3) is 11.6 Å². The average Bonchev–Trinajstić information content (AvgIpc) is 2.83. The molecule has 0 atom stereocenters. The molecule has 1 N–H and O–H groups in total. The second-order valence-corrected chi connectivity index (χ2v) is 7.44. The molecule has 0 saturated carbocycles. The smallest absolute Gasteiger partial charge is 0.275 e. The summed E-state index contributed by atoms with van der Waals surface area (Å²) in [7, 11) is 1.36. The molecule has 3 aromatic carbocycles. The van der Waals surface area contributed by atoms with E-state index in [4.69, 9.17) is 9.47 Å². The van der Waals surface area contributed by atoms with Crippen molar-refractivity contribution in [3.05, 3.63) is 97.5 Å².